The smallest absolute Gasteiger partial charge is 0.162 e. The maximum absolute atomic E-state index is 5.63. The predicted octanol–water partition coefficient (Wildman–Crippen LogP) is 5.60. The molecule has 0 aliphatic carbocycles. The second-order valence-electron chi connectivity index (χ2n) is 6.80. The van der Waals surface area contributed by atoms with Crippen LogP contribution in [0.4, 0.5) is 0 Å². The van der Waals surface area contributed by atoms with Crippen molar-refractivity contribution in [1.82, 2.24) is 0 Å². The predicted molar refractivity (Wildman–Crippen MR) is 127 cm³/mol. The van der Waals surface area contributed by atoms with Crippen molar-refractivity contribution in [2.45, 2.75) is 26.7 Å². The molecule has 174 valence electrons. The van der Waals surface area contributed by atoms with E-state index >= 15 is 0 Å². The SMILES string of the molecule is COCCCOc1cc(Br)c(C)cc1OC.COCCCOc1ccc(C)cc1OC. The van der Waals surface area contributed by atoms with Crippen molar-refractivity contribution >= 4 is 15.9 Å². The highest BCUT2D eigenvalue weighted by Gasteiger charge is 2.07. The Bertz CT molecular complexity index is 766. The van der Waals surface area contributed by atoms with Crippen molar-refractivity contribution in [2.75, 3.05) is 54.9 Å². The van der Waals surface area contributed by atoms with Gasteiger partial charge in [-0.2, -0.15) is 0 Å². The number of methoxy groups -OCH3 is 4. The van der Waals surface area contributed by atoms with Gasteiger partial charge in [-0.3, -0.25) is 0 Å². The van der Waals surface area contributed by atoms with Crippen molar-refractivity contribution < 1.29 is 28.4 Å². The largest absolute Gasteiger partial charge is 0.493 e. The number of hydrogen-bond donors (Lipinski definition) is 0. The van der Waals surface area contributed by atoms with Gasteiger partial charge in [-0.25, -0.2) is 0 Å². The van der Waals surface area contributed by atoms with Gasteiger partial charge >= 0.3 is 0 Å². The third kappa shape index (κ3) is 10.3. The summed E-state index contributed by atoms with van der Waals surface area (Å²) in [4.78, 5) is 0. The molecule has 0 atom stereocenters. The van der Waals surface area contributed by atoms with Crippen LogP contribution in [0.5, 0.6) is 23.0 Å². The summed E-state index contributed by atoms with van der Waals surface area (Å²) in [5.74, 6) is 3.10. The minimum Gasteiger partial charge on any atom is -0.493 e. The number of benzene rings is 2. The molecule has 7 heteroatoms. The molecule has 0 N–H and O–H groups in total. The molecule has 0 aromatic heterocycles. The van der Waals surface area contributed by atoms with Crippen LogP contribution in [0.1, 0.15) is 24.0 Å². The van der Waals surface area contributed by atoms with Crippen LogP contribution in [0, 0.1) is 13.8 Å². The van der Waals surface area contributed by atoms with Gasteiger partial charge in [-0.05, 0) is 49.2 Å². The van der Waals surface area contributed by atoms with Crippen LogP contribution in [-0.2, 0) is 9.47 Å². The maximum Gasteiger partial charge on any atom is 0.162 e. The lowest BCUT2D eigenvalue weighted by Crippen LogP contribution is -2.02. The Morgan fingerprint density at radius 3 is 1.74 bits per heavy atom. The van der Waals surface area contributed by atoms with Gasteiger partial charge in [-0.1, -0.05) is 22.0 Å². The fraction of sp³-hybridized carbons (Fsp3) is 0.500. The Morgan fingerprint density at radius 1 is 0.645 bits per heavy atom. The molecule has 0 unspecified atom stereocenters. The molecule has 0 radical (unpaired) electrons. The number of ether oxygens (including phenoxy) is 6. The number of hydrogen-bond acceptors (Lipinski definition) is 6. The van der Waals surface area contributed by atoms with E-state index in [-0.39, 0.29) is 0 Å². The van der Waals surface area contributed by atoms with Crippen molar-refractivity contribution in [3.05, 3.63) is 45.9 Å². The minimum absolute atomic E-state index is 0.625. The fourth-order valence-electron chi connectivity index (χ4n) is 2.57. The highest BCUT2D eigenvalue weighted by atomic mass is 79.9. The first kappa shape index (κ1) is 27.1. The molecule has 0 fully saturated rings. The number of halogens is 1. The lowest BCUT2D eigenvalue weighted by molar-refractivity contribution is 0.170. The van der Waals surface area contributed by atoms with Gasteiger partial charge in [-0.15, -0.1) is 0 Å². The Hall–Kier alpha value is -1.96. The van der Waals surface area contributed by atoms with Gasteiger partial charge in [0.25, 0.3) is 0 Å². The molecule has 0 saturated heterocycles. The van der Waals surface area contributed by atoms with Gasteiger partial charge in [0.2, 0.25) is 0 Å². The molecule has 0 bridgehead atoms. The summed E-state index contributed by atoms with van der Waals surface area (Å²) in [7, 11) is 6.66. The van der Waals surface area contributed by atoms with Crippen molar-refractivity contribution in [2.24, 2.45) is 0 Å². The maximum atomic E-state index is 5.63. The zero-order chi connectivity index (χ0) is 23.1. The first-order valence-corrected chi connectivity index (χ1v) is 11.0. The van der Waals surface area contributed by atoms with Crippen LogP contribution in [0.3, 0.4) is 0 Å². The van der Waals surface area contributed by atoms with Crippen LogP contribution in [-0.4, -0.2) is 54.9 Å². The highest BCUT2D eigenvalue weighted by molar-refractivity contribution is 9.10. The molecule has 0 aliphatic heterocycles. The average molecular weight is 499 g/mol. The monoisotopic (exact) mass is 498 g/mol. The number of rotatable bonds is 12. The van der Waals surface area contributed by atoms with E-state index in [4.69, 9.17) is 28.4 Å². The Balaban J connectivity index is 0.000000311. The molecule has 2 aromatic carbocycles. The van der Waals surface area contributed by atoms with Gasteiger partial charge in [0.05, 0.1) is 27.4 Å². The first-order chi connectivity index (χ1) is 15.0. The van der Waals surface area contributed by atoms with Crippen molar-refractivity contribution in [1.29, 1.82) is 0 Å². The molecule has 2 rings (SSSR count). The molecule has 0 amide bonds. The molecule has 31 heavy (non-hydrogen) atoms. The van der Waals surface area contributed by atoms with E-state index in [9.17, 15) is 0 Å². The van der Waals surface area contributed by atoms with E-state index in [1.807, 2.05) is 44.2 Å². The topological polar surface area (TPSA) is 55.4 Å². The summed E-state index contributed by atoms with van der Waals surface area (Å²) >= 11 is 3.47. The summed E-state index contributed by atoms with van der Waals surface area (Å²) in [5.41, 5.74) is 2.29. The first-order valence-electron chi connectivity index (χ1n) is 10.2. The average Bonchev–Trinajstić information content (AvgIpc) is 2.77. The van der Waals surface area contributed by atoms with Crippen LogP contribution >= 0.6 is 15.9 Å². The van der Waals surface area contributed by atoms with Crippen LogP contribution in [0.15, 0.2) is 34.8 Å². The van der Waals surface area contributed by atoms with E-state index in [2.05, 4.69) is 15.9 Å². The van der Waals surface area contributed by atoms with Gasteiger partial charge in [0, 0.05) is 44.7 Å². The molecule has 0 heterocycles. The quantitative estimate of drug-likeness (QED) is 0.355. The third-order valence-electron chi connectivity index (χ3n) is 4.26. The lowest BCUT2D eigenvalue weighted by atomic mass is 10.2. The van der Waals surface area contributed by atoms with Gasteiger partial charge in [0.15, 0.2) is 23.0 Å². The zero-order valence-electron chi connectivity index (χ0n) is 19.5. The van der Waals surface area contributed by atoms with Gasteiger partial charge < -0.3 is 28.4 Å². The molecular weight excluding hydrogens is 464 g/mol. The molecular formula is C24H35BrO6. The highest BCUT2D eigenvalue weighted by Crippen LogP contribution is 2.33. The Morgan fingerprint density at radius 2 is 1.19 bits per heavy atom. The summed E-state index contributed by atoms with van der Waals surface area (Å²) in [6.45, 7) is 6.73. The second kappa shape index (κ2) is 15.8. The molecule has 2 aromatic rings. The van der Waals surface area contributed by atoms with E-state index in [1.54, 1.807) is 28.4 Å². The summed E-state index contributed by atoms with van der Waals surface area (Å²) < 4.78 is 32.6. The summed E-state index contributed by atoms with van der Waals surface area (Å²) in [6.07, 6.45) is 1.75. The summed E-state index contributed by atoms with van der Waals surface area (Å²) in [5, 5.41) is 0. The van der Waals surface area contributed by atoms with Crippen LogP contribution in [0.25, 0.3) is 0 Å². The molecule has 6 nitrogen and oxygen atoms in total. The van der Waals surface area contributed by atoms with E-state index in [0.29, 0.717) is 26.4 Å². The van der Waals surface area contributed by atoms with E-state index in [1.165, 1.54) is 0 Å². The molecule has 0 saturated carbocycles. The standard InChI is InChI=1S/C12H17BrO3.C12H18O3/c1-9-7-11(15-3)12(8-10(9)13)16-6-4-5-14-2;1-10-5-6-11(12(9-10)14-3)15-8-4-7-13-2/h7-8H,4-6H2,1-3H3;5-6,9H,4,7-8H2,1-3H3. The molecule has 0 spiro atoms. The normalized spacial score (nSPS) is 10.2. The van der Waals surface area contributed by atoms with E-state index in [0.717, 1.165) is 51.4 Å². The zero-order valence-corrected chi connectivity index (χ0v) is 21.0. The van der Waals surface area contributed by atoms with Crippen LogP contribution < -0.4 is 18.9 Å². The van der Waals surface area contributed by atoms with Crippen molar-refractivity contribution in [3.63, 3.8) is 0 Å². The van der Waals surface area contributed by atoms with E-state index < -0.39 is 0 Å². The third-order valence-corrected chi connectivity index (χ3v) is 5.12. The Kier molecular flexibility index (Phi) is 13.8. The number of aryl methyl sites for hydroxylation is 2. The summed E-state index contributed by atoms with van der Waals surface area (Å²) in [6, 6.07) is 9.79. The van der Waals surface area contributed by atoms with Gasteiger partial charge in [0.1, 0.15) is 0 Å². The second-order valence-corrected chi connectivity index (χ2v) is 7.65. The van der Waals surface area contributed by atoms with Crippen molar-refractivity contribution in [3.8, 4) is 23.0 Å². The Labute approximate surface area is 194 Å². The fourth-order valence-corrected chi connectivity index (χ4v) is 2.90. The molecule has 0 aliphatic rings. The lowest BCUT2D eigenvalue weighted by Gasteiger charge is -2.12. The van der Waals surface area contributed by atoms with Crippen LogP contribution in [0.2, 0.25) is 0 Å². The minimum atomic E-state index is 0.625.